The average molecular weight is 230 g/mol. The van der Waals surface area contributed by atoms with Crippen molar-refractivity contribution in [2.45, 2.75) is 39.2 Å². The van der Waals surface area contributed by atoms with E-state index in [2.05, 4.69) is 10.6 Å². The van der Waals surface area contributed by atoms with Gasteiger partial charge in [0.2, 0.25) is 11.8 Å². The fourth-order valence-corrected chi connectivity index (χ4v) is 1.07. The molecule has 0 aromatic heterocycles. The van der Waals surface area contributed by atoms with Crippen LogP contribution in [0.4, 0.5) is 0 Å². The Labute approximate surface area is 94.4 Å². The van der Waals surface area contributed by atoms with Crippen LogP contribution in [0.15, 0.2) is 0 Å². The predicted octanol–water partition coefficient (Wildman–Crippen LogP) is -0.118. The van der Waals surface area contributed by atoms with E-state index in [9.17, 15) is 14.4 Å². The van der Waals surface area contributed by atoms with Gasteiger partial charge in [0.1, 0.15) is 6.04 Å². The van der Waals surface area contributed by atoms with Crippen molar-refractivity contribution in [1.82, 2.24) is 10.6 Å². The summed E-state index contributed by atoms with van der Waals surface area (Å²) in [5.41, 5.74) is 0. The average Bonchev–Trinajstić information content (AvgIpc) is 2.17. The van der Waals surface area contributed by atoms with Crippen LogP contribution >= 0.6 is 0 Å². The molecule has 0 radical (unpaired) electrons. The molecule has 3 N–H and O–H groups in total. The van der Waals surface area contributed by atoms with Gasteiger partial charge in [0.15, 0.2) is 0 Å². The summed E-state index contributed by atoms with van der Waals surface area (Å²) in [6.07, 6.45) is 0.863. The molecule has 0 saturated heterocycles. The lowest BCUT2D eigenvalue weighted by molar-refractivity contribution is -0.141. The van der Waals surface area contributed by atoms with Gasteiger partial charge in [-0.25, -0.2) is 0 Å². The second kappa shape index (κ2) is 7.67. The van der Waals surface area contributed by atoms with Crippen molar-refractivity contribution < 1.29 is 19.5 Å². The number of nitrogens with one attached hydrogen (secondary N) is 2. The lowest BCUT2D eigenvalue weighted by Gasteiger charge is -2.08. The molecular weight excluding hydrogens is 212 g/mol. The van der Waals surface area contributed by atoms with Crippen molar-refractivity contribution in [2.24, 2.45) is 0 Å². The Morgan fingerprint density at radius 3 is 2.25 bits per heavy atom. The van der Waals surface area contributed by atoms with E-state index >= 15 is 0 Å². The first-order valence-corrected chi connectivity index (χ1v) is 5.26. The number of hydrogen-bond donors (Lipinski definition) is 3. The molecular formula is C10H18N2O4. The highest BCUT2D eigenvalue weighted by molar-refractivity contribution is 5.83. The van der Waals surface area contributed by atoms with Crippen molar-refractivity contribution in [3.63, 3.8) is 0 Å². The maximum Gasteiger partial charge on any atom is 0.325 e. The molecule has 0 aliphatic carbocycles. The topological polar surface area (TPSA) is 95.5 Å². The highest BCUT2D eigenvalue weighted by Crippen LogP contribution is 1.96. The van der Waals surface area contributed by atoms with Crippen LogP contribution in [0.2, 0.25) is 0 Å². The standard InChI is InChI=1S/C10H18N2O4/c1-3-11-8(13)5-4-6-9(14)12-7(2)10(15)16/h7H,3-6H2,1-2H3,(H,11,13)(H,12,14)(H,15,16). The number of carboxylic acid groups (broad SMARTS) is 1. The van der Waals surface area contributed by atoms with Gasteiger partial charge in [0, 0.05) is 19.4 Å². The fourth-order valence-electron chi connectivity index (χ4n) is 1.07. The Balaban J connectivity index is 3.66. The van der Waals surface area contributed by atoms with E-state index in [4.69, 9.17) is 5.11 Å². The van der Waals surface area contributed by atoms with E-state index in [1.165, 1.54) is 6.92 Å². The number of carboxylic acids is 1. The molecule has 0 heterocycles. The third-order valence-electron chi connectivity index (χ3n) is 1.93. The largest absolute Gasteiger partial charge is 0.480 e. The normalized spacial score (nSPS) is 11.6. The summed E-state index contributed by atoms with van der Waals surface area (Å²) in [6, 6.07) is -0.892. The third kappa shape index (κ3) is 6.80. The number of rotatable bonds is 7. The summed E-state index contributed by atoms with van der Waals surface area (Å²) in [5.74, 6) is -1.52. The smallest absolute Gasteiger partial charge is 0.325 e. The van der Waals surface area contributed by atoms with E-state index in [1.807, 2.05) is 6.92 Å². The highest BCUT2D eigenvalue weighted by atomic mass is 16.4. The van der Waals surface area contributed by atoms with Gasteiger partial charge in [-0.3, -0.25) is 14.4 Å². The van der Waals surface area contributed by atoms with Gasteiger partial charge in [0.05, 0.1) is 0 Å². The molecule has 6 nitrogen and oxygen atoms in total. The molecule has 0 aliphatic heterocycles. The number of carbonyl (C=O) groups excluding carboxylic acids is 2. The summed E-state index contributed by atoms with van der Waals surface area (Å²) in [7, 11) is 0. The monoisotopic (exact) mass is 230 g/mol. The SMILES string of the molecule is CCNC(=O)CCCC(=O)NC(C)C(=O)O. The highest BCUT2D eigenvalue weighted by Gasteiger charge is 2.13. The summed E-state index contributed by atoms with van der Waals surface area (Å²) in [5, 5.41) is 13.5. The molecule has 16 heavy (non-hydrogen) atoms. The molecule has 0 aromatic carbocycles. The molecule has 0 aromatic rings. The van der Waals surface area contributed by atoms with Crippen molar-refractivity contribution in [3.05, 3.63) is 0 Å². The number of carbonyl (C=O) groups is 3. The van der Waals surface area contributed by atoms with Crippen LogP contribution in [0.25, 0.3) is 0 Å². The summed E-state index contributed by atoms with van der Waals surface area (Å²) in [6.45, 7) is 3.78. The van der Waals surface area contributed by atoms with Gasteiger partial charge in [-0.1, -0.05) is 0 Å². The van der Waals surface area contributed by atoms with Gasteiger partial charge in [-0.15, -0.1) is 0 Å². The second-order valence-corrected chi connectivity index (χ2v) is 3.43. The van der Waals surface area contributed by atoms with Gasteiger partial charge in [0.25, 0.3) is 0 Å². The Kier molecular flexibility index (Phi) is 6.91. The molecule has 1 atom stereocenters. The van der Waals surface area contributed by atoms with Gasteiger partial charge >= 0.3 is 5.97 Å². The minimum atomic E-state index is -1.07. The Bertz CT molecular complexity index is 266. The summed E-state index contributed by atoms with van der Waals surface area (Å²) >= 11 is 0. The lowest BCUT2D eigenvalue weighted by Crippen LogP contribution is -2.38. The molecule has 0 rings (SSSR count). The maximum absolute atomic E-state index is 11.2. The molecule has 0 aliphatic rings. The zero-order chi connectivity index (χ0) is 12.6. The lowest BCUT2D eigenvalue weighted by atomic mass is 10.2. The minimum Gasteiger partial charge on any atom is -0.480 e. The van der Waals surface area contributed by atoms with Crippen LogP contribution < -0.4 is 10.6 Å². The fraction of sp³-hybridized carbons (Fsp3) is 0.700. The summed E-state index contributed by atoms with van der Waals surface area (Å²) in [4.78, 5) is 32.6. The molecule has 0 saturated carbocycles. The summed E-state index contributed by atoms with van der Waals surface area (Å²) < 4.78 is 0. The van der Waals surface area contributed by atoms with Crippen LogP contribution in [0.5, 0.6) is 0 Å². The zero-order valence-corrected chi connectivity index (χ0v) is 9.58. The number of amides is 2. The molecule has 2 amide bonds. The first-order chi connectivity index (χ1) is 7.47. The van der Waals surface area contributed by atoms with Gasteiger partial charge in [-0.05, 0) is 20.3 Å². The molecule has 6 heteroatoms. The predicted molar refractivity (Wildman–Crippen MR) is 57.8 cm³/mol. The molecule has 0 fully saturated rings. The van der Waals surface area contributed by atoms with Crippen LogP contribution in [0.1, 0.15) is 33.1 Å². The van der Waals surface area contributed by atoms with Gasteiger partial charge in [-0.2, -0.15) is 0 Å². The Morgan fingerprint density at radius 1 is 1.19 bits per heavy atom. The van der Waals surface area contributed by atoms with Crippen molar-refractivity contribution in [2.75, 3.05) is 6.54 Å². The van der Waals surface area contributed by atoms with Gasteiger partial charge < -0.3 is 15.7 Å². The van der Waals surface area contributed by atoms with Crippen molar-refractivity contribution >= 4 is 17.8 Å². The second-order valence-electron chi connectivity index (χ2n) is 3.43. The minimum absolute atomic E-state index is 0.0958. The molecule has 1 unspecified atom stereocenters. The van der Waals surface area contributed by atoms with E-state index in [0.717, 1.165) is 0 Å². The first kappa shape index (κ1) is 14.4. The third-order valence-corrected chi connectivity index (χ3v) is 1.93. The molecule has 92 valence electrons. The van der Waals surface area contributed by atoms with Crippen LogP contribution in [0, 0.1) is 0 Å². The number of hydrogen-bond acceptors (Lipinski definition) is 3. The first-order valence-electron chi connectivity index (χ1n) is 5.26. The van der Waals surface area contributed by atoms with E-state index < -0.39 is 12.0 Å². The zero-order valence-electron chi connectivity index (χ0n) is 9.58. The van der Waals surface area contributed by atoms with E-state index in [0.29, 0.717) is 13.0 Å². The number of aliphatic carboxylic acids is 1. The van der Waals surface area contributed by atoms with E-state index in [-0.39, 0.29) is 24.7 Å². The van der Waals surface area contributed by atoms with E-state index in [1.54, 1.807) is 0 Å². The Morgan fingerprint density at radius 2 is 1.75 bits per heavy atom. The maximum atomic E-state index is 11.2. The Hall–Kier alpha value is -1.59. The quantitative estimate of drug-likeness (QED) is 0.568. The van der Waals surface area contributed by atoms with Crippen LogP contribution in [-0.4, -0.2) is 35.5 Å². The van der Waals surface area contributed by atoms with Crippen molar-refractivity contribution in [3.8, 4) is 0 Å². The molecule has 0 spiro atoms. The molecule has 0 bridgehead atoms. The van der Waals surface area contributed by atoms with Crippen LogP contribution in [0.3, 0.4) is 0 Å². The van der Waals surface area contributed by atoms with Crippen molar-refractivity contribution in [1.29, 1.82) is 0 Å². The van der Waals surface area contributed by atoms with Crippen LogP contribution in [-0.2, 0) is 14.4 Å².